The molecule has 1 saturated heterocycles. The highest BCUT2D eigenvalue weighted by atomic mass is 32.2. The minimum Gasteiger partial charge on any atom is -0.393 e. The van der Waals surface area contributed by atoms with Crippen LogP contribution >= 0.6 is 0 Å². The molecule has 14 heteroatoms. The largest absolute Gasteiger partial charge is 0.393 e. The summed E-state index contributed by atoms with van der Waals surface area (Å²) in [6.45, 7) is 3.41. The molecule has 0 bridgehead atoms. The number of hydrogen-bond donors (Lipinski definition) is 3. The number of rotatable bonds is 10. The third-order valence-corrected chi connectivity index (χ3v) is 7.37. The zero-order valence-corrected chi connectivity index (χ0v) is 22.0. The number of nitrogens with one attached hydrogen (secondary N) is 1. The zero-order chi connectivity index (χ0) is 27.4. The lowest BCUT2D eigenvalue weighted by molar-refractivity contribution is 0.101. The second-order valence-electron chi connectivity index (χ2n) is 9.70. The molecule has 0 unspecified atom stereocenters. The van der Waals surface area contributed by atoms with E-state index in [1.807, 2.05) is 12.1 Å². The monoisotopic (exact) mass is 557 g/mol. The van der Waals surface area contributed by atoms with Crippen molar-refractivity contribution < 1.29 is 27.2 Å². The number of ketones is 1. The van der Waals surface area contributed by atoms with E-state index in [4.69, 9.17) is 9.88 Å². The summed E-state index contributed by atoms with van der Waals surface area (Å²) < 4.78 is 34.0. The van der Waals surface area contributed by atoms with Gasteiger partial charge in [0.25, 0.3) is 0 Å². The molecule has 3 atom stereocenters. The molecular weight excluding hydrogens is 526 g/mol. The lowest BCUT2D eigenvalue weighted by atomic mass is 10.1. The topological polar surface area (TPSA) is 175 Å². The van der Waals surface area contributed by atoms with Crippen LogP contribution in [0.1, 0.15) is 34.5 Å². The maximum atomic E-state index is 13.3. The Kier molecular flexibility index (Phi) is 8.18. The quantitative estimate of drug-likeness (QED) is 0.297. The van der Waals surface area contributed by atoms with E-state index in [0.717, 1.165) is 24.3 Å². The highest BCUT2D eigenvalue weighted by molar-refractivity contribution is 7.84. The fourth-order valence-corrected chi connectivity index (χ4v) is 5.32. The van der Waals surface area contributed by atoms with Crippen molar-refractivity contribution in [1.29, 1.82) is 0 Å². The van der Waals surface area contributed by atoms with Crippen molar-refractivity contribution in [3.63, 3.8) is 0 Å². The number of carbonyl (C=O) groups is 1. The van der Waals surface area contributed by atoms with Crippen LogP contribution in [-0.2, 0) is 25.8 Å². The van der Waals surface area contributed by atoms with Crippen LogP contribution in [0.15, 0.2) is 49.1 Å². The van der Waals surface area contributed by atoms with E-state index >= 15 is 0 Å². The average molecular weight is 558 g/mol. The van der Waals surface area contributed by atoms with Gasteiger partial charge < -0.3 is 20.1 Å². The lowest BCUT2D eigenvalue weighted by Gasteiger charge is -2.29. The van der Waals surface area contributed by atoms with Crippen LogP contribution < -0.4 is 15.4 Å². The predicted octanol–water partition coefficient (Wildman–Crippen LogP) is 0.561. The smallest absolute Gasteiger partial charge is 0.333 e. The maximum absolute atomic E-state index is 13.3. The Balaban J connectivity index is 1.24. The van der Waals surface area contributed by atoms with Gasteiger partial charge in [0.2, 0.25) is 5.78 Å². The molecule has 0 amide bonds. The Morgan fingerprint density at radius 1 is 1.23 bits per heavy atom. The van der Waals surface area contributed by atoms with Crippen LogP contribution in [0.2, 0.25) is 0 Å². The number of nitrogens with two attached hydrogens (primary N) is 1. The first kappa shape index (κ1) is 27.1. The lowest BCUT2D eigenvalue weighted by Crippen LogP contribution is -2.36. The molecule has 1 aliphatic heterocycles. The Hall–Kier alpha value is -3.43. The molecular formula is C25H31N7O6S. The number of hydrogen-bond acceptors (Lipinski definition) is 11. The van der Waals surface area contributed by atoms with Gasteiger partial charge in [0, 0.05) is 43.1 Å². The molecule has 2 aliphatic rings. The summed E-state index contributed by atoms with van der Waals surface area (Å²) in [5.74, 6) is -0.459. The van der Waals surface area contributed by atoms with E-state index < -0.39 is 22.3 Å². The minimum atomic E-state index is -4.10. The molecule has 0 spiro atoms. The van der Waals surface area contributed by atoms with E-state index in [9.17, 15) is 18.3 Å². The maximum Gasteiger partial charge on any atom is 0.333 e. The van der Waals surface area contributed by atoms with Crippen LogP contribution in [0.5, 0.6) is 0 Å². The Labute approximate surface area is 226 Å². The Morgan fingerprint density at radius 2 is 2.05 bits per heavy atom. The molecule has 1 aromatic carbocycles. The van der Waals surface area contributed by atoms with Crippen molar-refractivity contribution in [2.24, 2.45) is 11.1 Å². The molecule has 4 N–H and O–H groups in total. The fourth-order valence-electron chi connectivity index (χ4n) is 4.96. The van der Waals surface area contributed by atoms with Gasteiger partial charge in [0.1, 0.15) is 17.8 Å². The van der Waals surface area contributed by atoms with E-state index in [-0.39, 0.29) is 29.7 Å². The summed E-state index contributed by atoms with van der Waals surface area (Å²) in [6, 6.07) is 9.64. The number of aliphatic hydroxyl groups is 1. The van der Waals surface area contributed by atoms with Gasteiger partial charge in [-0.25, -0.2) is 15.1 Å². The summed E-state index contributed by atoms with van der Waals surface area (Å²) in [7, 11) is -4.10. The van der Waals surface area contributed by atoms with Crippen LogP contribution in [0.4, 0.5) is 11.5 Å². The van der Waals surface area contributed by atoms with Gasteiger partial charge in [-0.3, -0.25) is 13.7 Å². The Bertz CT molecular complexity index is 1410. The third kappa shape index (κ3) is 6.96. The normalized spacial score (nSPS) is 21.7. The molecule has 2 aromatic heterocycles. The molecule has 13 nitrogen and oxygen atoms in total. The van der Waals surface area contributed by atoms with Gasteiger partial charge in [-0.2, -0.15) is 13.5 Å². The number of nitrogens with zero attached hydrogens (tertiary/aromatic N) is 5. The second-order valence-corrected chi connectivity index (χ2v) is 10.9. The van der Waals surface area contributed by atoms with Crippen LogP contribution in [0.3, 0.4) is 0 Å². The summed E-state index contributed by atoms with van der Waals surface area (Å²) in [4.78, 5) is 23.9. The summed E-state index contributed by atoms with van der Waals surface area (Å²) >= 11 is 0. The van der Waals surface area contributed by atoms with Gasteiger partial charge in [-0.05, 0) is 36.6 Å². The Morgan fingerprint density at radius 3 is 2.85 bits per heavy atom. The number of morpholine rings is 1. The highest BCUT2D eigenvalue weighted by Crippen LogP contribution is 2.30. The number of ether oxygens (including phenoxy) is 1. The number of carbonyl (C=O) groups excluding carboxylic acids is 1. The van der Waals surface area contributed by atoms with Crippen LogP contribution in [-0.4, -0.2) is 84.1 Å². The van der Waals surface area contributed by atoms with E-state index in [2.05, 4.69) is 41.6 Å². The number of aromatic nitrogens is 4. The highest BCUT2D eigenvalue weighted by Gasteiger charge is 2.35. The first-order valence-corrected chi connectivity index (χ1v) is 14.1. The van der Waals surface area contributed by atoms with E-state index in [1.165, 1.54) is 12.5 Å². The molecule has 0 radical (unpaired) electrons. The van der Waals surface area contributed by atoms with E-state index in [0.29, 0.717) is 38.4 Å². The molecule has 208 valence electrons. The van der Waals surface area contributed by atoms with Gasteiger partial charge in [-0.15, -0.1) is 0 Å². The summed E-state index contributed by atoms with van der Waals surface area (Å²) in [5.41, 5.74) is 2.69. The molecule has 1 aliphatic carbocycles. The molecule has 3 heterocycles. The molecule has 2 fully saturated rings. The van der Waals surface area contributed by atoms with Crippen LogP contribution in [0, 0.1) is 5.92 Å². The van der Waals surface area contributed by atoms with Crippen molar-refractivity contribution in [2.45, 2.75) is 31.5 Å². The van der Waals surface area contributed by atoms with E-state index in [1.54, 1.807) is 16.9 Å². The van der Waals surface area contributed by atoms with Crippen molar-refractivity contribution in [3.05, 3.63) is 65.9 Å². The van der Waals surface area contributed by atoms with Gasteiger partial charge in [-0.1, -0.05) is 12.1 Å². The van der Waals surface area contributed by atoms with Crippen molar-refractivity contribution >= 4 is 27.6 Å². The molecule has 5 rings (SSSR count). The number of anilines is 2. The summed E-state index contributed by atoms with van der Waals surface area (Å²) in [6.07, 6.45) is 4.46. The molecule has 39 heavy (non-hydrogen) atoms. The first-order chi connectivity index (χ1) is 18.7. The third-order valence-electron chi connectivity index (χ3n) is 6.91. The fraction of sp³-hybridized carbons (Fsp3) is 0.440. The number of aliphatic hydroxyl groups excluding tert-OH is 1. The second kappa shape index (κ2) is 11.8. The standard InChI is InChI=1S/C25H31N7O6S/c26-39(35,36)38-15-18-11-19(12-23(18)33)29-25-21(13-27-16-28-25)24(34)22-4-5-32(30-22)14-17-2-1-3-20(10-17)31-6-8-37-9-7-31/h1-5,10,13,16,18-19,23,33H,6-9,11-12,14-15H2,(H2,26,35,36)(H,27,28,29)/t18-,19-,23+/m1/s1. The minimum absolute atomic E-state index is 0.222. The predicted molar refractivity (Wildman–Crippen MR) is 141 cm³/mol. The SMILES string of the molecule is NS(=O)(=O)OC[C@H]1C[C@@H](Nc2ncncc2C(=O)c2ccn(Cc3cccc(N4CCOCC4)c3)n2)C[C@@H]1O. The van der Waals surface area contributed by atoms with Crippen LogP contribution in [0.25, 0.3) is 0 Å². The summed E-state index contributed by atoms with van der Waals surface area (Å²) in [5, 5.41) is 22.9. The van der Waals surface area contributed by atoms with Crippen molar-refractivity contribution in [3.8, 4) is 0 Å². The van der Waals surface area contributed by atoms with Gasteiger partial charge in [0.15, 0.2) is 0 Å². The van der Waals surface area contributed by atoms with Gasteiger partial charge in [0.05, 0.1) is 38.0 Å². The first-order valence-electron chi connectivity index (χ1n) is 12.7. The molecule has 1 saturated carbocycles. The molecule has 3 aromatic rings. The zero-order valence-electron chi connectivity index (χ0n) is 21.2. The van der Waals surface area contributed by atoms with Crippen molar-refractivity contribution in [2.75, 3.05) is 43.1 Å². The average Bonchev–Trinajstić information content (AvgIpc) is 3.53. The number of benzene rings is 1. The van der Waals surface area contributed by atoms with Crippen molar-refractivity contribution in [1.82, 2.24) is 19.7 Å². The van der Waals surface area contributed by atoms with Gasteiger partial charge >= 0.3 is 10.3 Å².